The fraction of sp³-hybridized carbons (Fsp3) is 0.333. The van der Waals surface area contributed by atoms with Crippen LogP contribution in [0.15, 0.2) is 53.4 Å². The van der Waals surface area contributed by atoms with Gasteiger partial charge in [-0.3, -0.25) is 9.59 Å². The largest absolute Gasteiger partial charge is 0.355 e. The summed E-state index contributed by atoms with van der Waals surface area (Å²) in [6, 6.07) is 14.0. The van der Waals surface area contributed by atoms with Gasteiger partial charge in [-0.2, -0.15) is 0 Å². The van der Waals surface area contributed by atoms with Crippen molar-refractivity contribution in [3.05, 3.63) is 59.9 Å². The number of carbonyl (C=O) groups excluding carboxylic acids is 2. The topological polar surface area (TPSA) is 58.2 Å². The molecule has 7 heteroatoms. The highest BCUT2D eigenvalue weighted by atomic mass is 32.2. The molecule has 0 aromatic heterocycles. The zero-order valence-corrected chi connectivity index (χ0v) is 17.7. The van der Waals surface area contributed by atoms with Crippen LogP contribution >= 0.6 is 23.5 Å². The highest BCUT2D eigenvalue weighted by Gasteiger charge is 2.14. The van der Waals surface area contributed by atoms with Crippen LogP contribution in [0, 0.1) is 12.7 Å². The van der Waals surface area contributed by atoms with E-state index in [1.807, 2.05) is 31.2 Å². The predicted octanol–water partition coefficient (Wildman–Crippen LogP) is 4.49. The van der Waals surface area contributed by atoms with Crippen molar-refractivity contribution in [1.29, 1.82) is 0 Å². The van der Waals surface area contributed by atoms with E-state index in [2.05, 4.69) is 10.6 Å². The molecular weight excluding hydrogens is 395 g/mol. The molecule has 1 atom stereocenters. The second-order valence-corrected chi connectivity index (χ2v) is 8.81. The highest BCUT2D eigenvalue weighted by molar-refractivity contribution is 8.01. The molecule has 2 aromatic rings. The summed E-state index contributed by atoms with van der Waals surface area (Å²) in [5.74, 6) is 0.634. The minimum atomic E-state index is -0.298. The number of anilines is 1. The molecule has 0 aliphatic carbocycles. The Morgan fingerprint density at radius 2 is 1.75 bits per heavy atom. The van der Waals surface area contributed by atoms with Gasteiger partial charge in [0.1, 0.15) is 5.82 Å². The van der Waals surface area contributed by atoms with E-state index in [9.17, 15) is 14.0 Å². The first-order chi connectivity index (χ1) is 13.4. The van der Waals surface area contributed by atoms with Crippen LogP contribution in [0.2, 0.25) is 0 Å². The first-order valence-corrected chi connectivity index (χ1v) is 11.1. The Morgan fingerprint density at radius 3 is 2.43 bits per heavy atom. The third-order valence-corrected chi connectivity index (χ3v) is 6.11. The van der Waals surface area contributed by atoms with E-state index in [4.69, 9.17) is 0 Å². The van der Waals surface area contributed by atoms with Gasteiger partial charge in [-0.1, -0.05) is 17.7 Å². The van der Waals surface area contributed by atoms with E-state index in [1.54, 1.807) is 30.8 Å². The Balaban J connectivity index is 1.58. The SMILES string of the molecule is Cc1ccc(NC(=O)CSC(C)C(=O)NCCCSc2ccc(F)cc2)cc1. The Morgan fingerprint density at radius 1 is 1.07 bits per heavy atom. The fourth-order valence-corrected chi connectivity index (χ4v) is 3.82. The van der Waals surface area contributed by atoms with Crippen molar-refractivity contribution >= 4 is 41.0 Å². The van der Waals surface area contributed by atoms with Crippen LogP contribution in [-0.2, 0) is 9.59 Å². The molecule has 0 radical (unpaired) electrons. The molecule has 0 aliphatic heterocycles. The first kappa shape index (κ1) is 22.3. The number of nitrogens with one attached hydrogen (secondary N) is 2. The van der Waals surface area contributed by atoms with Crippen LogP contribution in [-0.4, -0.2) is 35.1 Å². The summed E-state index contributed by atoms with van der Waals surface area (Å²) in [5.41, 5.74) is 1.89. The molecule has 150 valence electrons. The molecule has 0 heterocycles. The van der Waals surface area contributed by atoms with Gasteiger partial charge >= 0.3 is 0 Å². The molecule has 2 rings (SSSR count). The number of benzene rings is 2. The van der Waals surface area contributed by atoms with Crippen LogP contribution in [0.4, 0.5) is 10.1 Å². The maximum absolute atomic E-state index is 12.8. The van der Waals surface area contributed by atoms with Crippen molar-refractivity contribution in [3.8, 4) is 0 Å². The fourth-order valence-electron chi connectivity index (χ4n) is 2.26. The Labute approximate surface area is 174 Å². The van der Waals surface area contributed by atoms with Crippen LogP contribution in [0.25, 0.3) is 0 Å². The monoisotopic (exact) mass is 420 g/mol. The molecule has 0 fully saturated rings. The van der Waals surface area contributed by atoms with Gasteiger partial charge in [0.25, 0.3) is 0 Å². The quantitative estimate of drug-likeness (QED) is 0.439. The molecule has 2 aromatic carbocycles. The maximum atomic E-state index is 12.8. The lowest BCUT2D eigenvalue weighted by molar-refractivity contribution is -0.120. The highest BCUT2D eigenvalue weighted by Crippen LogP contribution is 2.18. The summed E-state index contributed by atoms with van der Waals surface area (Å²) in [6.45, 7) is 4.36. The van der Waals surface area contributed by atoms with Gasteiger partial charge in [0.2, 0.25) is 11.8 Å². The average molecular weight is 421 g/mol. The smallest absolute Gasteiger partial charge is 0.234 e. The summed E-state index contributed by atoms with van der Waals surface area (Å²) in [6.07, 6.45) is 0.819. The number of amides is 2. The molecule has 0 saturated heterocycles. The van der Waals surface area contributed by atoms with Crippen molar-refractivity contribution in [2.75, 3.05) is 23.4 Å². The predicted molar refractivity (Wildman–Crippen MR) is 116 cm³/mol. The van der Waals surface area contributed by atoms with Crippen molar-refractivity contribution < 1.29 is 14.0 Å². The van der Waals surface area contributed by atoms with Crippen LogP contribution in [0.1, 0.15) is 18.9 Å². The van der Waals surface area contributed by atoms with Gasteiger partial charge in [-0.15, -0.1) is 23.5 Å². The standard InChI is InChI=1S/C21H25FN2O2S2/c1-15-4-8-18(9-5-15)24-20(25)14-28-16(2)21(26)23-12-3-13-27-19-10-6-17(22)7-11-19/h4-11,16H,3,12-14H2,1-2H3,(H,23,26)(H,24,25). The lowest BCUT2D eigenvalue weighted by Gasteiger charge is -2.12. The summed E-state index contributed by atoms with van der Waals surface area (Å²) in [4.78, 5) is 25.1. The number of hydrogen-bond acceptors (Lipinski definition) is 4. The van der Waals surface area contributed by atoms with E-state index in [0.717, 1.165) is 28.3 Å². The van der Waals surface area contributed by atoms with Gasteiger partial charge in [-0.25, -0.2) is 4.39 Å². The molecular formula is C21H25FN2O2S2. The van der Waals surface area contributed by atoms with Crippen molar-refractivity contribution in [2.24, 2.45) is 0 Å². The zero-order valence-electron chi connectivity index (χ0n) is 16.0. The third kappa shape index (κ3) is 8.35. The Kier molecular flexibility index (Phi) is 9.37. The van der Waals surface area contributed by atoms with Crippen molar-refractivity contribution in [3.63, 3.8) is 0 Å². The number of aryl methyl sites for hydroxylation is 1. The van der Waals surface area contributed by atoms with Crippen LogP contribution in [0.3, 0.4) is 0 Å². The van der Waals surface area contributed by atoms with E-state index in [1.165, 1.54) is 23.9 Å². The molecule has 2 N–H and O–H groups in total. The summed E-state index contributed by atoms with van der Waals surface area (Å²) in [5, 5.41) is 5.42. The third-order valence-electron chi connectivity index (χ3n) is 3.87. The normalized spacial score (nSPS) is 11.7. The molecule has 28 heavy (non-hydrogen) atoms. The second kappa shape index (κ2) is 11.8. The zero-order chi connectivity index (χ0) is 20.4. The molecule has 0 saturated carbocycles. The average Bonchev–Trinajstić information content (AvgIpc) is 2.69. The molecule has 0 bridgehead atoms. The lowest BCUT2D eigenvalue weighted by atomic mass is 10.2. The minimum Gasteiger partial charge on any atom is -0.355 e. The van der Waals surface area contributed by atoms with E-state index in [0.29, 0.717) is 6.54 Å². The molecule has 1 unspecified atom stereocenters. The Bertz CT molecular complexity index is 767. The number of halogens is 1. The molecule has 4 nitrogen and oxygen atoms in total. The number of carbonyl (C=O) groups is 2. The van der Waals surface area contributed by atoms with E-state index in [-0.39, 0.29) is 28.6 Å². The lowest BCUT2D eigenvalue weighted by Crippen LogP contribution is -2.32. The van der Waals surface area contributed by atoms with Crippen LogP contribution < -0.4 is 10.6 Å². The number of thioether (sulfide) groups is 2. The van der Waals surface area contributed by atoms with Gasteiger partial charge in [0.05, 0.1) is 11.0 Å². The minimum absolute atomic E-state index is 0.0695. The van der Waals surface area contributed by atoms with E-state index < -0.39 is 0 Å². The summed E-state index contributed by atoms with van der Waals surface area (Å²) < 4.78 is 12.8. The van der Waals surface area contributed by atoms with Crippen molar-refractivity contribution in [2.45, 2.75) is 30.4 Å². The number of hydrogen-bond donors (Lipinski definition) is 2. The Hall–Kier alpha value is -1.99. The first-order valence-electron chi connectivity index (χ1n) is 9.08. The maximum Gasteiger partial charge on any atom is 0.234 e. The van der Waals surface area contributed by atoms with Gasteiger partial charge < -0.3 is 10.6 Å². The van der Waals surface area contributed by atoms with Gasteiger partial charge in [0, 0.05) is 17.1 Å². The van der Waals surface area contributed by atoms with E-state index >= 15 is 0 Å². The van der Waals surface area contributed by atoms with Crippen molar-refractivity contribution in [1.82, 2.24) is 5.32 Å². The number of rotatable bonds is 10. The summed E-state index contributed by atoms with van der Waals surface area (Å²) in [7, 11) is 0. The molecule has 0 aliphatic rings. The molecule has 2 amide bonds. The van der Waals surface area contributed by atoms with Gasteiger partial charge in [-0.05, 0) is 62.4 Å². The van der Waals surface area contributed by atoms with Crippen LogP contribution in [0.5, 0.6) is 0 Å². The van der Waals surface area contributed by atoms with Gasteiger partial charge in [0.15, 0.2) is 0 Å². The summed E-state index contributed by atoms with van der Waals surface area (Å²) >= 11 is 2.94. The molecule has 0 spiro atoms. The second-order valence-electron chi connectivity index (χ2n) is 6.31.